The van der Waals surface area contributed by atoms with Crippen molar-refractivity contribution in [2.75, 3.05) is 7.11 Å². The predicted octanol–water partition coefficient (Wildman–Crippen LogP) is 4.15. The number of imide groups is 1. The van der Waals surface area contributed by atoms with Gasteiger partial charge in [0.05, 0.1) is 29.0 Å². The topological polar surface area (TPSA) is 110 Å². The van der Waals surface area contributed by atoms with E-state index in [4.69, 9.17) is 4.74 Å². The molecular formula is C18H13IN2O6S. The van der Waals surface area contributed by atoms with E-state index in [1.54, 1.807) is 0 Å². The SMILES string of the molecule is COc1c(O)ccc(/C=C2\SC(=O)N(Cc3ccc(I)cc3)C2=O)c1[N+](=O)[O-]. The molecule has 0 aromatic heterocycles. The quantitative estimate of drug-likeness (QED) is 0.278. The number of amides is 2. The number of carbonyl (C=O) groups excluding carboxylic acids is 2. The van der Waals surface area contributed by atoms with E-state index in [-0.39, 0.29) is 22.8 Å². The van der Waals surface area contributed by atoms with Crippen LogP contribution in [0.5, 0.6) is 11.5 Å². The Balaban J connectivity index is 1.94. The molecule has 8 nitrogen and oxygen atoms in total. The highest BCUT2D eigenvalue weighted by Crippen LogP contribution is 2.41. The third-order valence-electron chi connectivity index (χ3n) is 3.94. The molecule has 1 aliphatic heterocycles. The Kier molecular flexibility index (Phi) is 5.89. The van der Waals surface area contributed by atoms with Crippen molar-refractivity contribution in [2.45, 2.75) is 6.54 Å². The van der Waals surface area contributed by atoms with Gasteiger partial charge in [0.25, 0.3) is 11.1 Å². The minimum Gasteiger partial charge on any atom is -0.504 e. The number of carbonyl (C=O) groups is 2. The van der Waals surface area contributed by atoms with Crippen LogP contribution in [-0.2, 0) is 11.3 Å². The summed E-state index contributed by atoms with van der Waals surface area (Å²) in [6.07, 6.45) is 1.26. The molecule has 1 N–H and O–H groups in total. The summed E-state index contributed by atoms with van der Waals surface area (Å²) in [4.78, 5) is 36.8. The van der Waals surface area contributed by atoms with Gasteiger partial charge in [-0.3, -0.25) is 24.6 Å². The van der Waals surface area contributed by atoms with E-state index in [2.05, 4.69) is 22.6 Å². The standard InChI is InChI=1S/C18H13IN2O6S/c1-27-16-13(22)7-4-11(15(16)21(25)26)8-14-17(23)20(18(24)28-14)9-10-2-5-12(19)6-3-10/h2-8,22H,9H2,1H3/b14-8-. The summed E-state index contributed by atoms with van der Waals surface area (Å²) in [5, 5.41) is 20.7. The normalized spacial score (nSPS) is 15.4. The van der Waals surface area contributed by atoms with Crippen LogP contribution < -0.4 is 4.74 Å². The number of benzene rings is 2. The third kappa shape index (κ3) is 3.97. The Morgan fingerprint density at radius 2 is 1.93 bits per heavy atom. The van der Waals surface area contributed by atoms with Crippen LogP contribution in [0.15, 0.2) is 41.3 Å². The van der Waals surface area contributed by atoms with Gasteiger partial charge in [0, 0.05) is 3.57 Å². The van der Waals surface area contributed by atoms with Gasteiger partial charge in [-0.1, -0.05) is 12.1 Å². The molecule has 0 spiro atoms. The fraction of sp³-hybridized carbons (Fsp3) is 0.111. The maximum Gasteiger partial charge on any atom is 0.322 e. The van der Waals surface area contributed by atoms with Crippen LogP contribution in [0.4, 0.5) is 10.5 Å². The summed E-state index contributed by atoms with van der Waals surface area (Å²) in [7, 11) is 1.20. The van der Waals surface area contributed by atoms with Crippen molar-refractivity contribution in [3.8, 4) is 11.5 Å². The largest absolute Gasteiger partial charge is 0.504 e. The van der Waals surface area contributed by atoms with Crippen molar-refractivity contribution in [1.82, 2.24) is 4.90 Å². The smallest absolute Gasteiger partial charge is 0.322 e. The number of nitrogens with zero attached hydrogens (tertiary/aromatic N) is 2. The van der Waals surface area contributed by atoms with E-state index in [9.17, 15) is 24.8 Å². The van der Waals surface area contributed by atoms with Crippen LogP contribution in [0.3, 0.4) is 0 Å². The number of phenolic OH excluding ortho intramolecular Hbond substituents is 1. The van der Waals surface area contributed by atoms with Crippen molar-refractivity contribution >= 4 is 57.3 Å². The van der Waals surface area contributed by atoms with E-state index in [0.29, 0.717) is 11.8 Å². The third-order valence-corrected chi connectivity index (χ3v) is 5.57. The van der Waals surface area contributed by atoms with Crippen LogP contribution in [-0.4, -0.2) is 33.2 Å². The minimum absolute atomic E-state index is 0.0550. The van der Waals surface area contributed by atoms with Gasteiger partial charge in [0.2, 0.25) is 5.75 Å². The number of aromatic hydroxyl groups is 1. The van der Waals surface area contributed by atoms with E-state index in [1.165, 1.54) is 25.3 Å². The predicted molar refractivity (Wildman–Crippen MR) is 112 cm³/mol. The van der Waals surface area contributed by atoms with Gasteiger partial charge in [-0.15, -0.1) is 0 Å². The number of hydrogen-bond acceptors (Lipinski definition) is 7. The van der Waals surface area contributed by atoms with Crippen LogP contribution in [0, 0.1) is 13.7 Å². The Bertz CT molecular complexity index is 1010. The number of phenols is 1. The molecule has 28 heavy (non-hydrogen) atoms. The molecule has 1 heterocycles. The molecule has 2 aromatic carbocycles. The Morgan fingerprint density at radius 1 is 1.25 bits per heavy atom. The summed E-state index contributed by atoms with van der Waals surface area (Å²) < 4.78 is 5.94. The van der Waals surface area contributed by atoms with E-state index in [0.717, 1.165) is 14.0 Å². The van der Waals surface area contributed by atoms with Crippen molar-refractivity contribution in [2.24, 2.45) is 0 Å². The van der Waals surface area contributed by atoms with Gasteiger partial charge >= 0.3 is 5.69 Å². The molecule has 3 rings (SSSR count). The van der Waals surface area contributed by atoms with Gasteiger partial charge in [0.1, 0.15) is 0 Å². The zero-order valence-electron chi connectivity index (χ0n) is 14.4. The number of rotatable bonds is 5. The number of methoxy groups -OCH3 is 1. The molecule has 1 saturated heterocycles. The monoisotopic (exact) mass is 512 g/mol. The lowest BCUT2D eigenvalue weighted by molar-refractivity contribution is -0.386. The van der Waals surface area contributed by atoms with Crippen LogP contribution in [0.2, 0.25) is 0 Å². The zero-order chi connectivity index (χ0) is 20.4. The first-order valence-electron chi connectivity index (χ1n) is 7.86. The molecule has 2 aromatic rings. The molecule has 0 saturated carbocycles. The lowest BCUT2D eigenvalue weighted by atomic mass is 10.1. The van der Waals surface area contributed by atoms with Gasteiger partial charge in [-0.2, -0.15) is 0 Å². The fourth-order valence-electron chi connectivity index (χ4n) is 2.63. The molecule has 0 aliphatic carbocycles. The number of nitro groups is 1. The van der Waals surface area contributed by atoms with E-state index < -0.39 is 27.5 Å². The highest BCUT2D eigenvalue weighted by atomic mass is 127. The second kappa shape index (κ2) is 8.19. The molecule has 0 atom stereocenters. The van der Waals surface area contributed by atoms with Gasteiger partial charge < -0.3 is 9.84 Å². The molecular weight excluding hydrogens is 499 g/mol. The lowest BCUT2D eigenvalue weighted by Gasteiger charge is -2.12. The summed E-state index contributed by atoms with van der Waals surface area (Å²) in [5.74, 6) is -1.23. The summed E-state index contributed by atoms with van der Waals surface area (Å²) >= 11 is 2.87. The van der Waals surface area contributed by atoms with Crippen LogP contribution in [0.25, 0.3) is 6.08 Å². The Labute approximate surface area is 177 Å². The summed E-state index contributed by atoms with van der Waals surface area (Å²) in [6, 6.07) is 9.92. The highest BCUT2D eigenvalue weighted by Gasteiger charge is 2.36. The first-order valence-corrected chi connectivity index (χ1v) is 9.75. The van der Waals surface area contributed by atoms with Crippen molar-refractivity contribution in [1.29, 1.82) is 0 Å². The van der Waals surface area contributed by atoms with E-state index in [1.807, 2.05) is 24.3 Å². The lowest BCUT2D eigenvalue weighted by Crippen LogP contribution is -2.27. The number of halogens is 1. The molecule has 1 aliphatic rings. The molecule has 10 heteroatoms. The zero-order valence-corrected chi connectivity index (χ0v) is 17.4. The number of hydrogen-bond donors (Lipinski definition) is 1. The Hall–Kier alpha value is -2.60. The average Bonchev–Trinajstić information content (AvgIpc) is 2.91. The average molecular weight is 512 g/mol. The van der Waals surface area contributed by atoms with Crippen LogP contribution >= 0.6 is 34.4 Å². The maximum absolute atomic E-state index is 12.7. The van der Waals surface area contributed by atoms with Gasteiger partial charge in [-0.25, -0.2) is 0 Å². The van der Waals surface area contributed by atoms with Gasteiger partial charge in [-0.05, 0) is 70.3 Å². The summed E-state index contributed by atoms with van der Waals surface area (Å²) in [5.41, 5.74) is 0.368. The molecule has 2 amide bonds. The number of ether oxygens (including phenoxy) is 1. The number of nitro benzene ring substituents is 1. The van der Waals surface area contributed by atoms with Crippen molar-refractivity contribution in [3.63, 3.8) is 0 Å². The Morgan fingerprint density at radius 3 is 2.54 bits per heavy atom. The molecule has 1 fully saturated rings. The first kappa shape index (κ1) is 20.1. The molecule has 0 unspecified atom stereocenters. The van der Waals surface area contributed by atoms with E-state index >= 15 is 0 Å². The molecule has 0 radical (unpaired) electrons. The molecule has 144 valence electrons. The van der Waals surface area contributed by atoms with Gasteiger partial charge in [0.15, 0.2) is 5.75 Å². The fourth-order valence-corrected chi connectivity index (χ4v) is 3.82. The van der Waals surface area contributed by atoms with Crippen molar-refractivity contribution < 1.29 is 24.4 Å². The highest BCUT2D eigenvalue weighted by molar-refractivity contribution is 14.1. The molecule has 0 bridgehead atoms. The first-order chi connectivity index (χ1) is 13.3. The van der Waals surface area contributed by atoms with Crippen molar-refractivity contribution in [3.05, 3.63) is 66.1 Å². The summed E-state index contributed by atoms with van der Waals surface area (Å²) in [6.45, 7) is 0.111. The second-order valence-electron chi connectivity index (χ2n) is 5.71. The minimum atomic E-state index is -0.708. The second-order valence-corrected chi connectivity index (χ2v) is 7.95. The maximum atomic E-state index is 12.7. The number of thioether (sulfide) groups is 1. The van der Waals surface area contributed by atoms with Crippen LogP contribution in [0.1, 0.15) is 11.1 Å².